The van der Waals surface area contributed by atoms with Gasteiger partial charge in [-0.05, 0) is 40.5 Å². The number of nitrogens with one attached hydrogen (secondary N) is 1. The number of aryl methyl sites for hydroxylation is 2. The number of carbonyl (C=O) groups is 1. The minimum atomic E-state index is -0.153. The molecule has 0 radical (unpaired) electrons. The summed E-state index contributed by atoms with van der Waals surface area (Å²) in [4.78, 5) is 12.2. The summed E-state index contributed by atoms with van der Waals surface area (Å²) in [5.74, 6) is -0.153. The molecule has 0 spiro atoms. The summed E-state index contributed by atoms with van der Waals surface area (Å²) in [6, 6.07) is 7.72. The molecule has 2 heterocycles. The lowest BCUT2D eigenvalue weighted by Gasteiger charge is -2.06. The molecular weight excluding hydrogens is 358 g/mol. The fourth-order valence-corrected chi connectivity index (χ4v) is 2.65. The number of nitrogens with zero attached hydrogens (tertiary/aromatic N) is 4. The van der Waals surface area contributed by atoms with Gasteiger partial charge in [0.05, 0.1) is 28.5 Å². The summed E-state index contributed by atoms with van der Waals surface area (Å²) in [7, 11) is 1.80. The smallest absolute Gasteiger partial charge is 0.259 e. The summed E-state index contributed by atoms with van der Waals surface area (Å²) < 4.78 is 4.43. The number of aromatic nitrogens is 4. The minimum Gasteiger partial charge on any atom is -0.322 e. The van der Waals surface area contributed by atoms with Crippen molar-refractivity contribution in [1.82, 2.24) is 19.6 Å². The van der Waals surface area contributed by atoms with Crippen LogP contribution in [0.5, 0.6) is 0 Å². The lowest BCUT2D eigenvalue weighted by atomic mass is 10.2. The Bertz CT molecular complexity index is 835. The Morgan fingerprint density at radius 3 is 2.57 bits per heavy atom. The van der Waals surface area contributed by atoms with Crippen molar-refractivity contribution in [3.05, 3.63) is 64.1 Å². The third kappa shape index (κ3) is 3.68. The van der Waals surface area contributed by atoms with E-state index in [4.69, 9.17) is 0 Å². The molecule has 6 nitrogen and oxygen atoms in total. The van der Waals surface area contributed by atoms with Crippen LogP contribution in [0, 0.1) is 6.92 Å². The summed E-state index contributed by atoms with van der Waals surface area (Å²) in [6.45, 7) is 2.50. The zero-order chi connectivity index (χ0) is 16.4. The maximum Gasteiger partial charge on any atom is 0.259 e. The van der Waals surface area contributed by atoms with E-state index in [-0.39, 0.29) is 5.91 Å². The number of halogens is 1. The monoisotopic (exact) mass is 373 g/mol. The molecule has 7 heteroatoms. The van der Waals surface area contributed by atoms with Gasteiger partial charge in [0.1, 0.15) is 0 Å². The Morgan fingerprint density at radius 1 is 1.26 bits per heavy atom. The van der Waals surface area contributed by atoms with Crippen LogP contribution in [0.15, 0.2) is 47.3 Å². The number of hydrogen-bond acceptors (Lipinski definition) is 3. The van der Waals surface area contributed by atoms with E-state index in [0.717, 1.165) is 15.7 Å². The van der Waals surface area contributed by atoms with Crippen LogP contribution in [0.2, 0.25) is 0 Å². The number of carbonyl (C=O) groups excluding carboxylic acids is 1. The molecule has 23 heavy (non-hydrogen) atoms. The standard InChI is InChI=1S/C16H16BrN5O/c1-11-15(10-21(2)20-11)16(23)19-14-5-3-12(4-6-14)8-22-9-13(17)7-18-22/h3-7,9-10H,8H2,1-2H3,(H,19,23). The number of hydrogen-bond donors (Lipinski definition) is 1. The molecule has 1 aromatic carbocycles. The van der Waals surface area contributed by atoms with Crippen LogP contribution in [0.4, 0.5) is 5.69 Å². The second kappa shape index (κ2) is 6.37. The molecule has 118 valence electrons. The van der Waals surface area contributed by atoms with Gasteiger partial charge >= 0.3 is 0 Å². The SMILES string of the molecule is Cc1nn(C)cc1C(=O)Nc1ccc(Cn2cc(Br)cn2)cc1. The Kier molecular flexibility index (Phi) is 4.29. The van der Waals surface area contributed by atoms with E-state index in [0.29, 0.717) is 17.8 Å². The van der Waals surface area contributed by atoms with Crippen LogP contribution in [-0.2, 0) is 13.6 Å². The molecule has 3 rings (SSSR count). The highest BCUT2D eigenvalue weighted by Crippen LogP contribution is 2.14. The number of anilines is 1. The van der Waals surface area contributed by atoms with Crippen molar-refractivity contribution < 1.29 is 4.79 Å². The average Bonchev–Trinajstić information content (AvgIpc) is 3.06. The first-order valence-corrected chi connectivity index (χ1v) is 7.89. The first kappa shape index (κ1) is 15.5. The maximum atomic E-state index is 12.2. The summed E-state index contributed by atoms with van der Waals surface area (Å²) >= 11 is 3.38. The van der Waals surface area contributed by atoms with Crippen molar-refractivity contribution in [2.75, 3.05) is 5.32 Å². The molecule has 0 fully saturated rings. The molecule has 0 aliphatic heterocycles. The molecule has 1 amide bonds. The van der Waals surface area contributed by atoms with Crippen LogP contribution in [0.1, 0.15) is 21.6 Å². The zero-order valence-electron chi connectivity index (χ0n) is 12.8. The first-order valence-electron chi connectivity index (χ1n) is 7.10. The lowest BCUT2D eigenvalue weighted by Crippen LogP contribution is -2.12. The molecule has 0 atom stereocenters. The van der Waals surface area contributed by atoms with Crippen molar-refractivity contribution in [1.29, 1.82) is 0 Å². The molecule has 0 unspecified atom stereocenters. The van der Waals surface area contributed by atoms with Crippen molar-refractivity contribution in [2.45, 2.75) is 13.5 Å². The second-order valence-electron chi connectivity index (χ2n) is 5.31. The second-order valence-corrected chi connectivity index (χ2v) is 6.22. The summed E-state index contributed by atoms with van der Waals surface area (Å²) in [5.41, 5.74) is 3.16. The van der Waals surface area contributed by atoms with E-state index in [1.165, 1.54) is 0 Å². The molecule has 0 aliphatic rings. The average molecular weight is 374 g/mol. The van der Waals surface area contributed by atoms with Gasteiger partial charge < -0.3 is 5.32 Å². The number of amides is 1. The van der Waals surface area contributed by atoms with E-state index >= 15 is 0 Å². The van der Waals surface area contributed by atoms with Gasteiger partial charge in [-0.2, -0.15) is 10.2 Å². The quantitative estimate of drug-likeness (QED) is 0.764. The highest BCUT2D eigenvalue weighted by molar-refractivity contribution is 9.10. The zero-order valence-corrected chi connectivity index (χ0v) is 14.4. The van der Waals surface area contributed by atoms with Gasteiger partial charge in [0.25, 0.3) is 5.91 Å². The van der Waals surface area contributed by atoms with E-state index in [1.807, 2.05) is 42.1 Å². The fourth-order valence-electron chi connectivity index (χ4n) is 2.33. The van der Waals surface area contributed by atoms with Crippen molar-refractivity contribution in [3.8, 4) is 0 Å². The van der Waals surface area contributed by atoms with Gasteiger partial charge in [-0.3, -0.25) is 14.2 Å². The Hall–Kier alpha value is -2.41. The summed E-state index contributed by atoms with van der Waals surface area (Å²) in [6.07, 6.45) is 5.39. The van der Waals surface area contributed by atoms with Gasteiger partial charge in [0, 0.05) is 25.1 Å². The molecule has 3 aromatic rings. The highest BCUT2D eigenvalue weighted by atomic mass is 79.9. The van der Waals surface area contributed by atoms with E-state index in [1.54, 1.807) is 24.1 Å². The van der Waals surface area contributed by atoms with E-state index in [2.05, 4.69) is 31.4 Å². The molecule has 0 saturated carbocycles. The van der Waals surface area contributed by atoms with Crippen LogP contribution >= 0.6 is 15.9 Å². The van der Waals surface area contributed by atoms with Gasteiger partial charge in [-0.25, -0.2) is 0 Å². The van der Waals surface area contributed by atoms with Crippen molar-refractivity contribution in [3.63, 3.8) is 0 Å². The highest BCUT2D eigenvalue weighted by Gasteiger charge is 2.12. The predicted molar refractivity (Wildman–Crippen MR) is 91.4 cm³/mol. The first-order chi connectivity index (χ1) is 11.0. The van der Waals surface area contributed by atoms with E-state index in [9.17, 15) is 4.79 Å². The topological polar surface area (TPSA) is 64.7 Å². The van der Waals surface area contributed by atoms with Gasteiger partial charge in [-0.15, -0.1) is 0 Å². The minimum absolute atomic E-state index is 0.153. The molecule has 0 bridgehead atoms. The van der Waals surface area contributed by atoms with E-state index < -0.39 is 0 Å². The molecular formula is C16H16BrN5O. The van der Waals surface area contributed by atoms with Crippen LogP contribution in [-0.4, -0.2) is 25.5 Å². The van der Waals surface area contributed by atoms with Crippen LogP contribution in [0.3, 0.4) is 0 Å². The van der Waals surface area contributed by atoms with Gasteiger partial charge in [0.15, 0.2) is 0 Å². The van der Waals surface area contributed by atoms with Crippen LogP contribution in [0.25, 0.3) is 0 Å². The third-order valence-corrected chi connectivity index (χ3v) is 3.83. The number of benzene rings is 1. The fraction of sp³-hybridized carbons (Fsp3) is 0.188. The van der Waals surface area contributed by atoms with Gasteiger partial charge in [-0.1, -0.05) is 12.1 Å². The number of rotatable bonds is 4. The molecule has 0 saturated heterocycles. The Morgan fingerprint density at radius 2 is 2.00 bits per heavy atom. The maximum absolute atomic E-state index is 12.2. The Labute approximate surface area is 142 Å². The third-order valence-electron chi connectivity index (χ3n) is 3.42. The Balaban J connectivity index is 1.67. The molecule has 2 aromatic heterocycles. The summed E-state index contributed by atoms with van der Waals surface area (Å²) in [5, 5.41) is 11.3. The van der Waals surface area contributed by atoms with Crippen molar-refractivity contribution >= 4 is 27.5 Å². The normalized spacial score (nSPS) is 10.7. The molecule has 0 aliphatic carbocycles. The largest absolute Gasteiger partial charge is 0.322 e. The van der Waals surface area contributed by atoms with Gasteiger partial charge in [0.2, 0.25) is 0 Å². The predicted octanol–water partition coefficient (Wildman–Crippen LogP) is 2.99. The van der Waals surface area contributed by atoms with Crippen molar-refractivity contribution in [2.24, 2.45) is 7.05 Å². The lowest BCUT2D eigenvalue weighted by molar-refractivity contribution is 0.102. The molecule has 1 N–H and O–H groups in total. The van der Waals surface area contributed by atoms with Crippen LogP contribution < -0.4 is 5.32 Å².